The molecule has 7 nitrogen and oxygen atoms in total. The van der Waals surface area contributed by atoms with Gasteiger partial charge in [0.25, 0.3) is 0 Å². The van der Waals surface area contributed by atoms with Crippen molar-refractivity contribution in [1.82, 2.24) is 9.97 Å². The lowest BCUT2D eigenvalue weighted by atomic mass is 9.95. The van der Waals surface area contributed by atoms with E-state index in [4.69, 9.17) is 9.47 Å². The summed E-state index contributed by atoms with van der Waals surface area (Å²) in [7, 11) is 0. The number of amides is 1. The van der Waals surface area contributed by atoms with Crippen molar-refractivity contribution in [3.8, 4) is 22.8 Å². The van der Waals surface area contributed by atoms with Crippen molar-refractivity contribution in [1.29, 1.82) is 0 Å². The summed E-state index contributed by atoms with van der Waals surface area (Å²) in [4.78, 5) is 23.6. The van der Waals surface area contributed by atoms with Crippen LogP contribution >= 0.6 is 0 Å². The van der Waals surface area contributed by atoms with Gasteiger partial charge in [-0.15, -0.1) is 0 Å². The average molecular weight is 434 g/mol. The number of anilines is 2. The van der Waals surface area contributed by atoms with Crippen LogP contribution in [-0.2, 0) is 4.79 Å². The Hall–Kier alpha value is -3.68. The molecule has 1 fully saturated rings. The Morgan fingerprint density at radius 3 is 2.62 bits per heavy atom. The Balaban J connectivity index is 1.21. The van der Waals surface area contributed by atoms with Gasteiger partial charge in [-0.25, -0.2) is 14.4 Å². The molecule has 2 aliphatic rings. The quantitative estimate of drug-likeness (QED) is 0.671. The Labute approximate surface area is 185 Å². The second-order valence-corrected chi connectivity index (χ2v) is 7.88. The standard InChI is InChI=1S/C24H23FN4O3/c25-18-3-1-2-17(12-18)20-14-23(27-15-26-20)29-8-6-16(7-9-29)24(30)28-19-4-5-21-22(13-19)32-11-10-31-21/h1-5,12-16H,6-11H2,(H,28,30). The lowest BCUT2D eigenvalue weighted by molar-refractivity contribution is -0.120. The molecule has 32 heavy (non-hydrogen) atoms. The van der Waals surface area contributed by atoms with Crippen molar-refractivity contribution in [3.05, 3.63) is 60.7 Å². The van der Waals surface area contributed by atoms with Gasteiger partial charge in [-0.05, 0) is 37.1 Å². The fraction of sp³-hybridized carbons (Fsp3) is 0.292. The van der Waals surface area contributed by atoms with Gasteiger partial charge in [0.15, 0.2) is 11.5 Å². The number of fused-ring (bicyclic) bond motifs is 1. The maximum Gasteiger partial charge on any atom is 0.227 e. The molecule has 3 heterocycles. The molecule has 1 saturated heterocycles. The lowest BCUT2D eigenvalue weighted by Crippen LogP contribution is -2.38. The van der Waals surface area contributed by atoms with E-state index in [1.54, 1.807) is 12.1 Å². The molecule has 0 unspecified atom stereocenters. The second kappa shape index (κ2) is 8.82. The number of hydrogen-bond acceptors (Lipinski definition) is 6. The molecule has 2 aliphatic heterocycles. The van der Waals surface area contributed by atoms with Gasteiger partial charge < -0.3 is 19.7 Å². The number of benzene rings is 2. The molecule has 8 heteroatoms. The zero-order valence-corrected chi connectivity index (χ0v) is 17.5. The number of piperidine rings is 1. The van der Waals surface area contributed by atoms with E-state index in [2.05, 4.69) is 20.2 Å². The van der Waals surface area contributed by atoms with Gasteiger partial charge in [0, 0.05) is 42.4 Å². The van der Waals surface area contributed by atoms with Gasteiger partial charge in [0.1, 0.15) is 31.2 Å². The molecule has 3 aromatic rings. The number of carbonyl (C=O) groups is 1. The predicted octanol–water partition coefficient (Wildman–Crippen LogP) is 3.91. The molecule has 164 valence electrons. The van der Waals surface area contributed by atoms with Crippen LogP contribution in [0.4, 0.5) is 15.9 Å². The van der Waals surface area contributed by atoms with Crippen molar-refractivity contribution < 1.29 is 18.7 Å². The van der Waals surface area contributed by atoms with Crippen LogP contribution in [0.1, 0.15) is 12.8 Å². The summed E-state index contributed by atoms with van der Waals surface area (Å²) in [5, 5.41) is 3.00. The normalized spacial score (nSPS) is 16.0. The SMILES string of the molecule is O=C(Nc1ccc2c(c1)OCCO2)C1CCN(c2cc(-c3cccc(F)c3)ncn2)CC1. The van der Waals surface area contributed by atoms with E-state index in [9.17, 15) is 9.18 Å². The molecule has 0 radical (unpaired) electrons. The van der Waals surface area contributed by atoms with Gasteiger partial charge in [-0.3, -0.25) is 4.79 Å². The summed E-state index contributed by atoms with van der Waals surface area (Å²) < 4.78 is 24.7. The minimum Gasteiger partial charge on any atom is -0.486 e. The van der Waals surface area contributed by atoms with Crippen molar-refractivity contribution >= 4 is 17.4 Å². The van der Waals surface area contributed by atoms with Gasteiger partial charge in [0.2, 0.25) is 5.91 Å². The van der Waals surface area contributed by atoms with Crippen molar-refractivity contribution in [3.63, 3.8) is 0 Å². The number of nitrogens with zero attached hydrogens (tertiary/aromatic N) is 3. The smallest absolute Gasteiger partial charge is 0.227 e. The molecular weight excluding hydrogens is 411 g/mol. The third-order valence-electron chi connectivity index (χ3n) is 5.77. The highest BCUT2D eigenvalue weighted by Crippen LogP contribution is 2.33. The van der Waals surface area contributed by atoms with Gasteiger partial charge >= 0.3 is 0 Å². The number of halogens is 1. The lowest BCUT2D eigenvalue weighted by Gasteiger charge is -2.32. The number of nitrogens with one attached hydrogen (secondary N) is 1. The van der Waals surface area contributed by atoms with E-state index in [0.29, 0.717) is 54.7 Å². The number of ether oxygens (including phenoxy) is 2. The number of rotatable bonds is 4. The average Bonchev–Trinajstić information content (AvgIpc) is 2.84. The highest BCUT2D eigenvalue weighted by Gasteiger charge is 2.26. The highest BCUT2D eigenvalue weighted by atomic mass is 19.1. The zero-order chi connectivity index (χ0) is 21.9. The molecule has 0 saturated carbocycles. The van der Waals surface area contributed by atoms with Crippen LogP contribution in [0, 0.1) is 11.7 Å². The molecule has 0 atom stereocenters. The Bertz CT molecular complexity index is 1130. The van der Waals surface area contributed by atoms with Crippen LogP contribution in [0.25, 0.3) is 11.3 Å². The van der Waals surface area contributed by atoms with Crippen LogP contribution in [0.5, 0.6) is 11.5 Å². The largest absolute Gasteiger partial charge is 0.486 e. The van der Waals surface area contributed by atoms with Crippen LogP contribution in [0.15, 0.2) is 54.9 Å². The molecule has 2 aromatic carbocycles. The molecule has 0 aliphatic carbocycles. The van der Waals surface area contributed by atoms with E-state index in [1.807, 2.05) is 24.3 Å². The minimum atomic E-state index is -0.299. The summed E-state index contributed by atoms with van der Waals surface area (Å²) in [6, 6.07) is 13.7. The molecule has 0 spiro atoms. The summed E-state index contributed by atoms with van der Waals surface area (Å²) in [6.07, 6.45) is 2.93. The van der Waals surface area contributed by atoms with E-state index in [1.165, 1.54) is 18.5 Å². The summed E-state index contributed by atoms with van der Waals surface area (Å²) in [5.74, 6) is 1.76. The summed E-state index contributed by atoms with van der Waals surface area (Å²) in [6.45, 7) is 2.46. The van der Waals surface area contributed by atoms with Gasteiger partial charge in [0.05, 0.1) is 5.69 Å². The number of carbonyl (C=O) groups excluding carboxylic acids is 1. The van der Waals surface area contributed by atoms with E-state index in [-0.39, 0.29) is 17.6 Å². The third-order valence-corrected chi connectivity index (χ3v) is 5.77. The summed E-state index contributed by atoms with van der Waals surface area (Å²) in [5.41, 5.74) is 2.09. The molecule has 1 amide bonds. The first-order valence-electron chi connectivity index (χ1n) is 10.7. The fourth-order valence-corrected chi connectivity index (χ4v) is 4.06. The van der Waals surface area contributed by atoms with E-state index >= 15 is 0 Å². The highest BCUT2D eigenvalue weighted by molar-refractivity contribution is 5.93. The van der Waals surface area contributed by atoms with Crippen LogP contribution < -0.4 is 19.7 Å². The second-order valence-electron chi connectivity index (χ2n) is 7.88. The maximum absolute atomic E-state index is 13.6. The first-order chi connectivity index (χ1) is 15.7. The first-order valence-corrected chi connectivity index (χ1v) is 10.7. The molecule has 0 bridgehead atoms. The van der Waals surface area contributed by atoms with Crippen molar-refractivity contribution in [2.75, 3.05) is 36.5 Å². The first kappa shape index (κ1) is 20.2. The van der Waals surface area contributed by atoms with E-state index < -0.39 is 0 Å². The van der Waals surface area contributed by atoms with Crippen LogP contribution in [0.2, 0.25) is 0 Å². The van der Waals surface area contributed by atoms with Gasteiger partial charge in [-0.1, -0.05) is 12.1 Å². The topological polar surface area (TPSA) is 76.6 Å². The van der Waals surface area contributed by atoms with E-state index in [0.717, 1.165) is 18.7 Å². The third kappa shape index (κ3) is 4.34. The van der Waals surface area contributed by atoms with Crippen LogP contribution in [-0.4, -0.2) is 42.2 Å². The minimum absolute atomic E-state index is 0.00413. The Morgan fingerprint density at radius 1 is 1.00 bits per heavy atom. The number of aromatic nitrogens is 2. The Kier molecular flexibility index (Phi) is 5.58. The zero-order valence-electron chi connectivity index (χ0n) is 17.5. The fourth-order valence-electron chi connectivity index (χ4n) is 4.06. The van der Waals surface area contributed by atoms with Gasteiger partial charge in [-0.2, -0.15) is 0 Å². The summed E-state index contributed by atoms with van der Waals surface area (Å²) >= 11 is 0. The predicted molar refractivity (Wildman–Crippen MR) is 118 cm³/mol. The number of hydrogen-bond donors (Lipinski definition) is 1. The molecular formula is C24H23FN4O3. The maximum atomic E-state index is 13.6. The monoisotopic (exact) mass is 434 g/mol. The van der Waals surface area contributed by atoms with Crippen molar-refractivity contribution in [2.45, 2.75) is 12.8 Å². The molecule has 1 N–H and O–H groups in total. The van der Waals surface area contributed by atoms with Crippen molar-refractivity contribution in [2.24, 2.45) is 5.92 Å². The molecule has 1 aromatic heterocycles. The van der Waals surface area contributed by atoms with Crippen LogP contribution in [0.3, 0.4) is 0 Å². The molecule has 5 rings (SSSR count). The Morgan fingerprint density at radius 2 is 1.81 bits per heavy atom.